The maximum atomic E-state index is 5.94. The van der Waals surface area contributed by atoms with Crippen molar-refractivity contribution in [3.8, 4) is 0 Å². The zero-order valence-corrected chi connectivity index (χ0v) is 8.35. The summed E-state index contributed by atoms with van der Waals surface area (Å²) >= 11 is 7.57. The Hall–Kier alpha value is -1.00. The molecule has 0 spiro atoms. The second-order valence-corrected chi connectivity index (χ2v) is 4.01. The Morgan fingerprint density at radius 1 is 1.62 bits per heavy atom. The van der Waals surface area contributed by atoms with E-state index < -0.39 is 0 Å². The first-order valence-electron chi connectivity index (χ1n) is 3.76. The number of halogens is 1. The van der Waals surface area contributed by atoms with Gasteiger partial charge in [0.1, 0.15) is 0 Å². The van der Waals surface area contributed by atoms with Crippen molar-refractivity contribution in [2.24, 2.45) is 0 Å². The van der Waals surface area contributed by atoms with Gasteiger partial charge in [-0.05, 0) is 11.4 Å². The van der Waals surface area contributed by atoms with E-state index >= 15 is 0 Å². The molecule has 2 rings (SSSR count). The van der Waals surface area contributed by atoms with E-state index in [1.807, 2.05) is 22.2 Å². The number of thiophene rings is 1. The lowest BCUT2D eigenvalue weighted by molar-refractivity contribution is 0.824. The largest absolute Gasteiger partial charge is 0.369 e. The molecule has 0 aliphatic carbocycles. The third-order valence-corrected chi connectivity index (χ3v) is 3.12. The molecule has 0 aromatic carbocycles. The minimum Gasteiger partial charge on any atom is -0.369 e. The van der Waals surface area contributed by atoms with Gasteiger partial charge in [-0.1, -0.05) is 11.6 Å². The molecule has 0 radical (unpaired) electrons. The summed E-state index contributed by atoms with van der Waals surface area (Å²) in [5, 5.41) is 2.75. The Kier molecular flexibility index (Phi) is 2.24. The highest BCUT2D eigenvalue weighted by Crippen LogP contribution is 2.23. The minimum atomic E-state index is 0.518. The number of nitrogen functional groups attached to an aromatic ring is 1. The van der Waals surface area contributed by atoms with Crippen LogP contribution in [0.1, 0.15) is 4.88 Å². The van der Waals surface area contributed by atoms with Crippen LogP contribution in [0.5, 0.6) is 0 Å². The molecular formula is C8H8ClN3S. The lowest BCUT2D eigenvalue weighted by Crippen LogP contribution is -2.02. The third kappa shape index (κ3) is 1.68. The van der Waals surface area contributed by atoms with Crippen molar-refractivity contribution in [2.45, 2.75) is 6.54 Å². The molecule has 0 saturated heterocycles. The van der Waals surface area contributed by atoms with Crippen molar-refractivity contribution in [3.05, 3.63) is 33.7 Å². The summed E-state index contributed by atoms with van der Waals surface area (Å²) in [6, 6.07) is 1.88. The average molecular weight is 214 g/mol. The number of nitrogens with two attached hydrogens (primary N) is 1. The summed E-state index contributed by atoms with van der Waals surface area (Å²) in [7, 11) is 0. The van der Waals surface area contributed by atoms with Crippen molar-refractivity contribution in [2.75, 3.05) is 5.73 Å². The molecule has 0 amide bonds. The molecule has 3 nitrogen and oxygen atoms in total. The first-order chi connectivity index (χ1) is 6.27. The molecule has 0 aliphatic rings. The number of imidazole rings is 1. The lowest BCUT2D eigenvalue weighted by Gasteiger charge is -2.01. The molecular weight excluding hydrogens is 206 g/mol. The summed E-state index contributed by atoms with van der Waals surface area (Å²) in [6.45, 7) is 0.697. The van der Waals surface area contributed by atoms with Gasteiger partial charge in [0.25, 0.3) is 0 Å². The SMILES string of the molecule is Nc1nccn1Cc1sccc1Cl. The molecule has 5 heteroatoms. The summed E-state index contributed by atoms with van der Waals surface area (Å²) in [5.74, 6) is 0.518. The highest BCUT2D eigenvalue weighted by atomic mass is 35.5. The Morgan fingerprint density at radius 2 is 2.46 bits per heavy atom. The maximum Gasteiger partial charge on any atom is 0.200 e. The van der Waals surface area contributed by atoms with Gasteiger partial charge in [0, 0.05) is 17.3 Å². The fourth-order valence-corrected chi connectivity index (χ4v) is 2.16. The van der Waals surface area contributed by atoms with Crippen LogP contribution in [-0.2, 0) is 6.54 Å². The molecule has 0 saturated carbocycles. The summed E-state index contributed by atoms with van der Waals surface area (Å²) < 4.78 is 1.86. The molecule has 0 unspecified atom stereocenters. The van der Waals surface area contributed by atoms with Crippen LogP contribution in [0.2, 0.25) is 5.02 Å². The van der Waals surface area contributed by atoms with E-state index in [0.29, 0.717) is 12.5 Å². The van der Waals surface area contributed by atoms with E-state index in [-0.39, 0.29) is 0 Å². The number of nitrogens with zero attached hydrogens (tertiary/aromatic N) is 2. The van der Waals surface area contributed by atoms with E-state index in [1.165, 1.54) is 0 Å². The van der Waals surface area contributed by atoms with Crippen LogP contribution < -0.4 is 5.73 Å². The van der Waals surface area contributed by atoms with Gasteiger partial charge < -0.3 is 10.3 Å². The smallest absolute Gasteiger partial charge is 0.200 e. The van der Waals surface area contributed by atoms with Crippen molar-refractivity contribution in [1.82, 2.24) is 9.55 Å². The third-order valence-electron chi connectivity index (χ3n) is 1.75. The van der Waals surface area contributed by atoms with Crippen LogP contribution in [0.15, 0.2) is 23.8 Å². The minimum absolute atomic E-state index is 0.518. The van der Waals surface area contributed by atoms with Gasteiger partial charge in [0.05, 0.1) is 11.6 Å². The average Bonchev–Trinajstić information content (AvgIpc) is 2.65. The zero-order chi connectivity index (χ0) is 9.26. The maximum absolute atomic E-state index is 5.94. The second-order valence-electron chi connectivity index (χ2n) is 2.61. The molecule has 0 atom stereocenters. The Bertz CT molecular complexity index is 369. The van der Waals surface area contributed by atoms with Gasteiger partial charge in [-0.25, -0.2) is 4.98 Å². The molecule has 68 valence electrons. The predicted molar refractivity (Wildman–Crippen MR) is 55.1 cm³/mol. The van der Waals surface area contributed by atoms with Crippen molar-refractivity contribution < 1.29 is 0 Å². The molecule has 13 heavy (non-hydrogen) atoms. The topological polar surface area (TPSA) is 43.8 Å². The number of hydrogen-bond acceptors (Lipinski definition) is 3. The van der Waals surface area contributed by atoms with Crippen LogP contribution >= 0.6 is 22.9 Å². The first kappa shape index (κ1) is 8.59. The van der Waals surface area contributed by atoms with Gasteiger partial charge in [0.15, 0.2) is 5.95 Å². The van der Waals surface area contributed by atoms with Gasteiger partial charge in [-0.15, -0.1) is 11.3 Å². The van der Waals surface area contributed by atoms with Gasteiger partial charge in [-0.2, -0.15) is 0 Å². The Labute approximate surface area is 84.8 Å². The van der Waals surface area contributed by atoms with E-state index in [9.17, 15) is 0 Å². The first-order valence-corrected chi connectivity index (χ1v) is 5.01. The van der Waals surface area contributed by atoms with Crippen LogP contribution in [0.25, 0.3) is 0 Å². The van der Waals surface area contributed by atoms with Crippen molar-refractivity contribution in [1.29, 1.82) is 0 Å². The predicted octanol–water partition coefficient (Wildman–Crippen LogP) is 2.23. The molecule has 2 N–H and O–H groups in total. The van der Waals surface area contributed by atoms with Crippen LogP contribution in [0, 0.1) is 0 Å². The van der Waals surface area contributed by atoms with Gasteiger partial charge in [0.2, 0.25) is 0 Å². The highest BCUT2D eigenvalue weighted by molar-refractivity contribution is 7.10. The molecule has 0 aliphatic heterocycles. The number of hydrogen-bond donors (Lipinski definition) is 1. The molecule has 0 bridgehead atoms. The van der Waals surface area contributed by atoms with Crippen LogP contribution in [-0.4, -0.2) is 9.55 Å². The van der Waals surface area contributed by atoms with E-state index in [0.717, 1.165) is 9.90 Å². The fourth-order valence-electron chi connectivity index (χ4n) is 1.07. The molecule has 2 aromatic rings. The van der Waals surface area contributed by atoms with Crippen molar-refractivity contribution >= 4 is 28.9 Å². The Morgan fingerprint density at radius 3 is 3.00 bits per heavy atom. The highest BCUT2D eigenvalue weighted by Gasteiger charge is 2.04. The number of aromatic nitrogens is 2. The molecule has 0 fully saturated rings. The number of anilines is 1. The monoisotopic (exact) mass is 213 g/mol. The lowest BCUT2D eigenvalue weighted by atomic mass is 10.4. The van der Waals surface area contributed by atoms with E-state index in [4.69, 9.17) is 17.3 Å². The normalized spacial score (nSPS) is 10.5. The second kappa shape index (κ2) is 3.40. The van der Waals surface area contributed by atoms with Gasteiger partial charge in [-0.3, -0.25) is 0 Å². The Balaban J connectivity index is 2.24. The quantitative estimate of drug-likeness (QED) is 0.832. The van der Waals surface area contributed by atoms with Crippen molar-refractivity contribution in [3.63, 3.8) is 0 Å². The van der Waals surface area contributed by atoms with Crippen LogP contribution in [0.3, 0.4) is 0 Å². The number of rotatable bonds is 2. The molecule has 2 aromatic heterocycles. The van der Waals surface area contributed by atoms with E-state index in [1.54, 1.807) is 17.5 Å². The van der Waals surface area contributed by atoms with Crippen LogP contribution in [0.4, 0.5) is 5.95 Å². The summed E-state index contributed by atoms with van der Waals surface area (Å²) in [6.07, 6.45) is 3.52. The van der Waals surface area contributed by atoms with E-state index in [2.05, 4.69) is 4.98 Å². The molecule has 2 heterocycles. The zero-order valence-electron chi connectivity index (χ0n) is 6.77. The summed E-state index contributed by atoms with van der Waals surface area (Å²) in [4.78, 5) is 5.03. The standard InChI is InChI=1S/C8H8ClN3S/c9-6-1-4-13-7(6)5-12-3-2-11-8(12)10/h1-4H,5H2,(H2,10,11). The van der Waals surface area contributed by atoms with Gasteiger partial charge >= 0.3 is 0 Å². The fraction of sp³-hybridized carbons (Fsp3) is 0.125. The summed E-state index contributed by atoms with van der Waals surface area (Å²) in [5.41, 5.74) is 5.62.